The predicted molar refractivity (Wildman–Crippen MR) is 136 cm³/mol. The normalized spacial score (nSPS) is 21.4. The second-order valence-corrected chi connectivity index (χ2v) is 12.2. The Morgan fingerprint density at radius 3 is 2.32 bits per heavy atom. The second kappa shape index (κ2) is 11.0. The second-order valence-electron chi connectivity index (χ2n) is 9.79. The van der Waals surface area contributed by atoms with Gasteiger partial charge in [0.1, 0.15) is 5.82 Å². The van der Waals surface area contributed by atoms with Crippen molar-refractivity contribution in [2.24, 2.45) is 0 Å². The third kappa shape index (κ3) is 6.41. The van der Waals surface area contributed by atoms with Gasteiger partial charge in [-0.25, -0.2) is 17.6 Å². The smallest absolute Gasteiger partial charge is 0.322 e. The lowest BCUT2D eigenvalue weighted by atomic mass is 9.93. The molecule has 0 radical (unpaired) electrons. The number of likely N-dealkylation sites (tertiary alicyclic amines) is 1. The van der Waals surface area contributed by atoms with Crippen LogP contribution in [0.2, 0.25) is 5.02 Å². The number of piperazine rings is 1. The molecule has 2 aromatic carbocycles. The van der Waals surface area contributed by atoms with Gasteiger partial charge >= 0.3 is 12.2 Å². The van der Waals surface area contributed by atoms with Crippen molar-refractivity contribution >= 4 is 27.7 Å². The number of hydrogen-bond donors (Lipinski definition) is 0. The van der Waals surface area contributed by atoms with Crippen LogP contribution in [0.1, 0.15) is 22.6 Å². The third-order valence-electron chi connectivity index (χ3n) is 7.15. The molecule has 4 rings (SSSR count). The molecular formula is C25H29ClF4N4O3S. The van der Waals surface area contributed by atoms with E-state index in [9.17, 15) is 30.8 Å². The number of benzene rings is 2. The molecule has 2 amide bonds. The fraction of sp³-hybridized carbons (Fsp3) is 0.480. The average Bonchev–Trinajstić information content (AvgIpc) is 3.28. The lowest BCUT2D eigenvalue weighted by molar-refractivity contribution is -0.140. The summed E-state index contributed by atoms with van der Waals surface area (Å²) in [6, 6.07) is 9.76. The van der Waals surface area contributed by atoms with E-state index in [0.717, 1.165) is 24.0 Å². The average molecular weight is 577 g/mol. The molecule has 0 N–H and O–H groups in total. The Morgan fingerprint density at radius 2 is 1.74 bits per heavy atom. The Bertz CT molecular complexity index is 1290. The van der Waals surface area contributed by atoms with Crippen LogP contribution in [-0.2, 0) is 22.7 Å². The molecule has 0 spiro atoms. The molecule has 0 aromatic heterocycles. The molecule has 208 valence electrons. The summed E-state index contributed by atoms with van der Waals surface area (Å²) in [4.78, 5) is 18.6. The summed E-state index contributed by atoms with van der Waals surface area (Å²) in [5.74, 6) is -1.48. The minimum atomic E-state index is -4.77. The largest absolute Gasteiger partial charge is 0.419 e. The first-order chi connectivity index (χ1) is 17.7. The molecule has 0 unspecified atom stereocenters. The lowest BCUT2D eigenvalue weighted by Gasteiger charge is -2.35. The van der Waals surface area contributed by atoms with Crippen molar-refractivity contribution in [3.05, 3.63) is 70.0 Å². The number of nitrogens with zero attached hydrogens (tertiary/aromatic N) is 4. The van der Waals surface area contributed by atoms with Crippen molar-refractivity contribution in [2.75, 3.05) is 52.6 Å². The highest BCUT2D eigenvalue weighted by Crippen LogP contribution is 2.35. The maximum absolute atomic E-state index is 14.2. The number of amides is 2. The maximum atomic E-state index is 14.2. The van der Waals surface area contributed by atoms with Crippen LogP contribution in [0.15, 0.2) is 42.5 Å². The van der Waals surface area contributed by atoms with Gasteiger partial charge in [-0.15, -0.1) is 0 Å². The topological polar surface area (TPSA) is 64.2 Å². The van der Waals surface area contributed by atoms with Crippen LogP contribution in [0.4, 0.5) is 22.4 Å². The summed E-state index contributed by atoms with van der Waals surface area (Å²) >= 11 is 6.23. The number of urea groups is 1. The summed E-state index contributed by atoms with van der Waals surface area (Å²) in [5, 5.41) is 0.537. The molecule has 2 aliphatic heterocycles. The SMILES string of the molecule is CN(Cc1ccc(C(F)(F)F)c(F)c1)[C@H]1CN(C(=O)N2CCN(S(C)(=O)=O)CC2)C[C@@H]1c1cccc(Cl)c1. The van der Waals surface area contributed by atoms with Crippen LogP contribution >= 0.6 is 11.6 Å². The summed E-state index contributed by atoms with van der Waals surface area (Å²) < 4.78 is 78.1. The molecule has 2 atom stereocenters. The summed E-state index contributed by atoms with van der Waals surface area (Å²) in [6.45, 7) is 1.87. The van der Waals surface area contributed by atoms with E-state index >= 15 is 0 Å². The number of likely N-dealkylation sites (N-methyl/N-ethyl adjacent to an activating group) is 1. The first-order valence-electron chi connectivity index (χ1n) is 12.0. The van der Waals surface area contributed by atoms with Crippen LogP contribution in [0, 0.1) is 5.82 Å². The zero-order chi connectivity index (χ0) is 27.8. The molecule has 38 heavy (non-hydrogen) atoms. The Hall–Kier alpha value is -2.41. The zero-order valence-electron chi connectivity index (χ0n) is 21.0. The molecule has 7 nitrogen and oxygen atoms in total. The van der Waals surface area contributed by atoms with Crippen LogP contribution in [-0.4, -0.2) is 92.1 Å². The highest BCUT2D eigenvalue weighted by Gasteiger charge is 2.41. The van der Waals surface area contributed by atoms with Gasteiger partial charge in [0.05, 0.1) is 11.8 Å². The summed E-state index contributed by atoms with van der Waals surface area (Å²) in [5.41, 5.74) is -0.0241. The number of sulfonamides is 1. The van der Waals surface area contributed by atoms with E-state index in [0.29, 0.717) is 23.7 Å². The van der Waals surface area contributed by atoms with Crippen LogP contribution in [0.3, 0.4) is 0 Å². The highest BCUT2D eigenvalue weighted by molar-refractivity contribution is 7.88. The monoisotopic (exact) mass is 576 g/mol. The van der Waals surface area contributed by atoms with Crippen molar-refractivity contribution in [3.8, 4) is 0 Å². The van der Waals surface area contributed by atoms with Crippen molar-refractivity contribution in [1.82, 2.24) is 19.0 Å². The van der Waals surface area contributed by atoms with Gasteiger partial charge in [0.25, 0.3) is 0 Å². The molecule has 2 heterocycles. The minimum absolute atomic E-state index is 0.153. The standard InChI is InChI=1S/C25H29ClF4N4O3S/c1-31(14-17-6-7-21(22(27)12-17)25(28,29)30)23-16-33(15-20(23)18-4-3-5-19(26)13-18)24(35)32-8-10-34(11-9-32)38(2,36)37/h3-7,12-13,20,23H,8-11,14-16H2,1-2H3/t20-,23+/m1/s1. The van der Waals surface area contributed by atoms with Gasteiger partial charge < -0.3 is 9.80 Å². The molecule has 2 aromatic rings. The number of carbonyl (C=O) groups excluding carboxylic acids is 1. The first kappa shape index (κ1) is 28.6. The lowest BCUT2D eigenvalue weighted by Crippen LogP contribution is -2.53. The Balaban J connectivity index is 1.52. The Kier molecular flexibility index (Phi) is 8.27. The van der Waals surface area contributed by atoms with Crippen molar-refractivity contribution in [3.63, 3.8) is 0 Å². The number of rotatable bonds is 5. The van der Waals surface area contributed by atoms with Crippen LogP contribution < -0.4 is 0 Å². The van der Waals surface area contributed by atoms with E-state index in [1.54, 1.807) is 22.9 Å². The van der Waals surface area contributed by atoms with Gasteiger partial charge in [0, 0.05) is 62.8 Å². The van der Waals surface area contributed by atoms with Crippen molar-refractivity contribution in [1.29, 1.82) is 0 Å². The number of alkyl halides is 3. The molecule has 2 fully saturated rings. The molecule has 2 aliphatic rings. The molecular weight excluding hydrogens is 548 g/mol. The van der Waals surface area contributed by atoms with Crippen molar-refractivity contribution in [2.45, 2.75) is 24.7 Å². The quantitative estimate of drug-likeness (QED) is 0.503. The molecule has 0 bridgehead atoms. The van der Waals surface area contributed by atoms with Crippen LogP contribution in [0.5, 0.6) is 0 Å². The van der Waals surface area contributed by atoms with Gasteiger partial charge in [-0.05, 0) is 42.4 Å². The first-order valence-corrected chi connectivity index (χ1v) is 14.3. The highest BCUT2D eigenvalue weighted by atomic mass is 35.5. The van der Waals surface area contributed by atoms with Gasteiger partial charge in [0.15, 0.2) is 0 Å². The Morgan fingerprint density at radius 1 is 1.05 bits per heavy atom. The summed E-state index contributed by atoms with van der Waals surface area (Å²) in [6.07, 6.45) is -3.63. The van der Waals surface area contributed by atoms with Crippen LogP contribution in [0.25, 0.3) is 0 Å². The van der Waals surface area contributed by atoms with E-state index in [1.165, 1.54) is 10.4 Å². The summed E-state index contributed by atoms with van der Waals surface area (Å²) in [7, 11) is -1.54. The third-order valence-corrected chi connectivity index (χ3v) is 8.69. The molecule has 0 saturated carbocycles. The number of carbonyl (C=O) groups is 1. The number of halogens is 5. The van der Waals surface area contributed by atoms with E-state index in [1.807, 2.05) is 23.1 Å². The fourth-order valence-electron chi connectivity index (χ4n) is 5.16. The Labute approximate surface area is 224 Å². The van der Waals surface area contributed by atoms with Gasteiger partial charge in [0.2, 0.25) is 10.0 Å². The van der Waals surface area contributed by atoms with E-state index in [-0.39, 0.29) is 50.7 Å². The van der Waals surface area contributed by atoms with Gasteiger partial charge in [-0.1, -0.05) is 29.8 Å². The minimum Gasteiger partial charge on any atom is -0.322 e. The molecule has 2 saturated heterocycles. The zero-order valence-corrected chi connectivity index (χ0v) is 22.5. The number of hydrogen-bond acceptors (Lipinski definition) is 4. The predicted octanol–water partition coefficient (Wildman–Crippen LogP) is 4.09. The van der Waals surface area contributed by atoms with Gasteiger partial charge in [-0.3, -0.25) is 4.90 Å². The molecule has 0 aliphatic carbocycles. The van der Waals surface area contributed by atoms with Gasteiger partial charge in [-0.2, -0.15) is 17.5 Å². The van der Waals surface area contributed by atoms with Crippen molar-refractivity contribution < 1.29 is 30.8 Å². The molecule has 13 heteroatoms. The fourth-order valence-corrected chi connectivity index (χ4v) is 6.18. The maximum Gasteiger partial charge on any atom is 0.419 e. The van der Waals surface area contributed by atoms with E-state index in [2.05, 4.69) is 0 Å². The van der Waals surface area contributed by atoms with E-state index < -0.39 is 27.6 Å². The van der Waals surface area contributed by atoms with E-state index in [4.69, 9.17) is 11.6 Å².